The number of unbranched alkanes of at least 4 members (excludes halogenated alkanes) is 47. The van der Waals surface area contributed by atoms with E-state index < -0.39 is 97.5 Å². The highest BCUT2D eigenvalue weighted by molar-refractivity contribution is 7.47. The Balaban J connectivity index is 5.23. The van der Waals surface area contributed by atoms with E-state index in [4.69, 9.17) is 37.0 Å². The number of phosphoric ester groups is 2. The third kappa shape index (κ3) is 71.5. The summed E-state index contributed by atoms with van der Waals surface area (Å²) >= 11 is 0. The molecule has 99 heavy (non-hydrogen) atoms. The molecule has 0 saturated heterocycles. The van der Waals surface area contributed by atoms with Crippen LogP contribution in [0.15, 0.2) is 0 Å². The van der Waals surface area contributed by atoms with Crippen LogP contribution in [-0.2, 0) is 65.4 Å². The van der Waals surface area contributed by atoms with Crippen molar-refractivity contribution in [3.63, 3.8) is 0 Å². The summed E-state index contributed by atoms with van der Waals surface area (Å²) in [7, 11) is -9.92. The lowest BCUT2D eigenvalue weighted by molar-refractivity contribution is -0.161. The molecular formula is C80H156O17P2. The van der Waals surface area contributed by atoms with Gasteiger partial charge in [0.15, 0.2) is 12.2 Å². The standard InChI is InChI=1S/C80H156O17P2/c1-7-11-13-15-17-19-21-23-25-27-29-31-33-35-37-39-44-52-58-64-79(84)96-75(68-90-77(82)62-56-50-43-38-36-34-32-30-28-26-24-22-20-18-16-14-12-8-2)70-94-98(86,87)92-66-74(81)67-93-99(88,89)95-71-76(69-91-78(83)63-57-51-47-46-49-55-61-73(6)10-4)97-80(85)65-59-53-45-41-40-42-48-54-60-72(5)9-3/h72-76,81H,7-71H2,1-6H3,(H,86,87)(H,88,89)/t72?,73?,74-,75-,76-/m1/s1. The topological polar surface area (TPSA) is 237 Å². The van der Waals surface area contributed by atoms with Crippen molar-refractivity contribution in [2.24, 2.45) is 11.8 Å². The number of rotatable bonds is 79. The van der Waals surface area contributed by atoms with Gasteiger partial charge in [0.25, 0.3) is 0 Å². The Morgan fingerprint density at radius 2 is 0.485 bits per heavy atom. The second-order valence-electron chi connectivity index (χ2n) is 29.3. The first-order valence-corrected chi connectivity index (χ1v) is 44.6. The van der Waals surface area contributed by atoms with Gasteiger partial charge in [-0.2, -0.15) is 0 Å². The molecule has 0 aromatic carbocycles. The maximum atomic E-state index is 13.1. The van der Waals surface area contributed by atoms with Crippen LogP contribution in [0.3, 0.4) is 0 Å². The lowest BCUT2D eigenvalue weighted by atomic mass is 9.99. The van der Waals surface area contributed by atoms with E-state index in [0.29, 0.717) is 25.7 Å². The minimum atomic E-state index is -4.96. The van der Waals surface area contributed by atoms with E-state index >= 15 is 0 Å². The van der Waals surface area contributed by atoms with Crippen molar-refractivity contribution in [3.8, 4) is 0 Å². The largest absolute Gasteiger partial charge is 0.472 e. The number of aliphatic hydroxyl groups excluding tert-OH is 1. The van der Waals surface area contributed by atoms with Crippen LogP contribution in [0.2, 0.25) is 0 Å². The molecule has 0 fully saturated rings. The van der Waals surface area contributed by atoms with E-state index in [1.807, 2.05) is 0 Å². The molecule has 0 aromatic heterocycles. The number of ether oxygens (including phenoxy) is 4. The van der Waals surface area contributed by atoms with Gasteiger partial charge in [0.2, 0.25) is 0 Å². The van der Waals surface area contributed by atoms with Crippen molar-refractivity contribution in [3.05, 3.63) is 0 Å². The average Bonchev–Trinajstić information content (AvgIpc) is 1.39. The van der Waals surface area contributed by atoms with E-state index in [-0.39, 0.29) is 25.7 Å². The Bertz CT molecular complexity index is 1910. The fourth-order valence-electron chi connectivity index (χ4n) is 12.3. The highest BCUT2D eigenvalue weighted by atomic mass is 31.2. The molecule has 7 atom stereocenters. The maximum Gasteiger partial charge on any atom is 0.472 e. The Labute approximate surface area is 607 Å². The van der Waals surface area contributed by atoms with Gasteiger partial charge in [-0.15, -0.1) is 0 Å². The lowest BCUT2D eigenvalue weighted by Gasteiger charge is -2.21. The molecule has 0 rings (SSSR count). The first-order valence-electron chi connectivity index (χ1n) is 41.6. The Morgan fingerprint density at radius 1 is 0.283 bits per heavy atom. The second-order valence-corrected chi connectivity index (χ2v) is 32.2. The summed E-state index contributed by atoms with van der Waals surface area (Å²) in [5.74, 6) is -0.613. The summed E-state index contributed by atoms with van der Waals surface area (Å²) in [5.41, 5.74) is 0. The van der Waals surface area contributed by atoms with E-state index in [1.54, 1.807) is 0 Å². The highest BCUT2D eigenvalue weighted by Crippen LogP contribution is 2.45. The fourth-order valence-corrected chi connectivity index (χ4v) is 13.9. The Morgan fingerprint density at radius 3 is 0.717 bits per heavy atom. The van der Waals surface area contributed by atoms with Gasteiger partial charge in [-0.3, -0.25) is 37.3 Å². The number of hydrogen-bond donors (Lipinski definition) is 3. The van der Waals surface area contributed by atoms with E-state index in [9.17, 15) is 43.2 Å². The SMILES string of the molecule is CCCCCCCCCCCCCCCCCCCCCC(=O)O[C@H](COC(=O)CCCCCCCCCCCCCCCCCCCC)COP(=O)(O)OC[C@@H](O)COP(=O)(O)OC[C@@H](COC(=O)CCCCCCCCC(C)CC)OC(=O)CCCCCCCCCCC(C)CC. The number of carbonyl (C=O) groups is 4. The van der Waals surface area contributed by atoms with Crippen LogP contribution >= 0.6 is 15.6 Å². The van der Waals surface area contributed by atoms with Gasteiger partial charge in [-0.1, -0.05) is 369 Å². The minimum Gasteiger partial charge on any atom is -0.462 e. The monoisotopic (exact) mass is 1450 g/mol. The molecule has 0 spiro atoms. The zero-order chi connectivity index (χ0) is 72.8. The molecule has 3 N–H and O–H groups in total. The molecule has 0 bridgehead atoms. The Kier molecular flexibility index (Phi) is 70.3. The van der Waals surface area contributed by atoms with E-state index in [1.165, 1.54) is 231 Å². The van der Waals surface area contributed by atoms with Crippen LogP contribution in [0.5, 0.6) is 0 Å². The number of hydrogen-bond acceptors (Lipinski definition) is 15. The molecule has 0 aliphatic carbocycles. The van der Waals surface area contributed by atoms with Crippen LogP contribution in [-0.4, -0.2) is 96.7 Å². The van der Waals surface area contributed by atoms with E-state index in [2.05, 4.69) is 41.5 Å². The Hall–Kier alpha value is -1.94. The van der Waals surface area contributed by atoms with Gasteiger partial charge >= 0.3 is 39.5 Å². The first kappa shape index (κ1) is 97.1. The highest BCUT2D eigenvalue weighted by Gasteiger charge is 2.30. The zero-order valence-electron chi connectivity index (χ0n) is 64.8. The van der Waals surface area contributed by atoms with E-state index in [0.717, 1.165) is 108 Å². The van der Waals surface area contributed by atoms with Gasteiger partial charge < -0.3 is 33.8 Å². The van der Waals surface area contributed by atoms with Crippen LogP contribution in [0, 0.1) is 11.8 Å². The van der Waals surface area contributed by atoms with Crippen molar-refractivity contribution in [2.75, 3.05) is 39.6 Å². The first-order chi connectivity index (χ1) is 47.9. The van der Waals surface area contributed by atoms with Gasteiger partial charge in [0, 0.05) is 25.7 Å². The second kappa shape index (κ2) is 71.7. The predicted molar refractivity (Wildman–Crippen MR) is 405 cm³/mol. The number of aliphatic hydroxyl groups is 1. The van der Waals surface area contributed by atoms with Crippen molar-refractivity contribution >= 4 is 39.5 Å². The summed E-state index contributed by atoms with van der Waals surface area (Å²) in [5, 5.41) is 10.6. The van der Waals surface area contributed by atoms with Crippen LogP contribution in [0.4, 0.5) is 0 Å². The molecule has 0 saturated carbocycles. The van der Waals surface area contributed by atoms with Crippen LogP contribution in [0.25, 0.3) is 0 Å². The molecule has 19 heteroatoms. The average molecular weight is 1450 g/mol. The molecule has 0 aliphatic heterocycles. The summed E-state index contributed by atoms with van der Waals surface area (Å²) in [6.45, 7) is 9.58. The fraction of sp³-hybridized carbons (Fsp3) is 0.950. The number of esters is 4. The zero-order valence-corrected chi connectivity index (χ0v) is 66.6. The summed E-state index contributed by atoms with van der Waals surface area (Å²) in [6, 6.07) is 0. The molecule has 0 aromatic rings. The molecule has 0 aliphatic rings. The summed E-state index contributed by atoms with van der Waals surface area (Å²) in [6.07, 6.45) is 61.1. The van der Waals surface area contributed by atoms with Gasteiger partial charge in [0.1, 0.15) is 19.3 Å². The predicted octanol–water partition coefficient (Wildman–Crippen LogP) is 23.9. The van der Waals surface area contributed by atoms with Crippen molar-refractivity contribution in [1.29, 1.82) is 0 Å². The van der Waals surface area contributed by atoms with Gasteiger partial charge in [0.05, 0.1) is 26.4 Å². The van der Waals surface area contributed by atoms with Crippen LogP contribution in [0.1, 0.15) is 420 Å². The third-order valence-corrected chi connectivity index (χ3v) is 21.3. The number of carbonyl (C=O) groups excluding carboxylic acids is 4. The normalized spacial score (nSPS) is 14.5. The molecular weight excluding hydrogens is 1290 g/mol. The van der Waals surface area contributed by atoms with Crippen molar-refractivity contribution in [2.45, 2.75) is 439 Å². The molecule has 0 heterocycles. The molecule has 0 amide bonds. The lowest BCUT2D eigenvalue weighted by Crippen LogP contribution is -2.30. The number of phosphoric acid groups is 2. The molecule has 17 nitrogen and oxygen atoms in total. The smallest absolute Gasteiger partial charge is 0.462 e. The molecule has 588 valence electrons. The summed E-state index contributed by atoms with van der Waals surface area (Å²) in [4.78, 5) is 73.0. The quantitative estimate of drug-likeness (QED) is 0.0222. The molecule has 4 unspecified atom stereocenters. The van der Waals surface area contributed by atoms with Crippen LogP contribution < -0.4 is 0 Å². The maximum absolute atomic E-state index is 13.1. The molecule has 0 radical (unpaired) electrons. The third-order valence-electron chi connectivity index (χ3n) is 19.4. The van der Waals surface area contributed by atoms with Crippen molar-refractivity contribution in [1.82, 2.24) is 0 Å². The summed E-state index contributed by atoms with van der Waals surface area (Å²) < 4.78 is 68.7. The minimum absolute atomic E-state index is 0.104. The van der Waals surface area contributed by atoms with Gasteiger partial charge in [-0.05, 0) is 37.5 Å². The van der Waals surface area contributed by atoms with Gasteiger partial charge in [-0.25, -0.2) is 9.13 Å². The van der Waals surface area contributed by atoms with Crippen molar-refractivity contribution < 1.29 is 80.2 Å².